The zero-order valence-corrected chi connectivity index (χ0v) is 19.0. The van der Waals surface area contributed by atoms with Crippen LogP contribution in [0.25, 0.3) is 0 Å². The predicted octanol–water partition coefficient (Wildman–Crippen LogP) is 5.48. The van der Waals surface area contributed by atoms with Crippen molar-refractivity contribution in [3.63, 3.8) is 0 Å². The number of carbonyl (C=O) groups is 1. The number of anilines is 1. The number of piperidine rings is 1. The Labute approximate surface area is 189 Å². The minimum Gasteiger partial charge on any atom is -0.325 e. The van der Waals surface area contributed by atoms with Gasteiger partial charge < -0.3 is 5.32 Å². The summed E-state index contributed by atoms with van der Waals surface area (Å²) in [6.45, 7) is 0.494. The van der Waals surface area contributed by atoms with Crippen molar-refractivity contribution in [1.82, 2.24) is 4.31 Å². The maximum Gasteiger partial charge on any atom is 0.227 e. The van der Waals surface area contributed by atoms with Crippen LogP contribution in [0.4, 0.5) is 5.69 Å². The van der Waals surface area contributed by atoms with Gasteiger partial charge in [-0.05, 0) is 43.2 Å². The van der Waals surface area contributed by atoms with Crippen LogP contribution in [0.1, 0.15) is 18.4 Å². The first-order chi connectivity index (χ1) is 13.7. The van der Waals surface area contributed by atoms with E-state index in [-0.39, 0.29) is 30.7 Å². The van der Waals surface area contributed by atoms with E-state index in [9.17, 15) is 13.2 Å². The van der Waals surface area contributed by atoms with Crippen LogP contribution in [0.15, 0.2) is 36.4 Å². The number of hydrogen-bond donors (Lipinski definition) is 1. The second-order valence-electron chi connectivity index (χ2n) is 6.74. The minimum atomic E-state index is -3.60. The lowest BCUT2D eigenvalue weighted by Crippen LogP contribution is -2.42. The van der Waals surface area contributed by atoms with Gasteiger partial charge in [-0.15, -0.1) is 0 Å². The molecule has 2 aromatic carbocycles. The van der Waals surface area contributed by atoms with Crippen LogP contribution in [0, 0.1) is 5.92 Å². The first-order valence-corrected chi connectivity index (χ1v) is 12.0. The molecule has 0 aromatic heterocycles. The van der Waals surface area contributed by atoms with Crippen LogP contribution in [-0.2, 0) is 20.6 Å². The van der Waals surface area contributed by atoms with Gasteiger partial charge in [0.25, 0.3) is 0 Å². The standard InChI is InChI=1S/C19H18Cl4N2O3S/c20-13-4-5-18(17(23)10-13)24-19(26)12-6-8-25(9-7-12)29(27,28)11-14-15(21)2-1-3-16(14)22/h1-5,10,12H,6-9,11H2,(H,24,26). The van der Waals surface area contributed by atoms with Crippen LogP contribution in [-0.4, -0.2) is 31.7 Å². The van der Waals surface area contributed by atoms with Crippen molar-refractivity contribution in [2.24, 2.45) is 5.92 Å². The SMILES string of the molecule is O=C(Nc1ccc(Cl)cc1Cl)C1CCN(S(=O)(=O)Cc2c(Cl)cccc2Cl)CC1. The molecule has 1 fully saturated rings. The van der Waals surface area contributed by atoms with E-state index < -0.39 is 10.0 Å². The first-order valence-electron chi connectivity index (χ1n) is 8.84. The van der Waals surface area contributed by atoms with E-state index >= 15 is 0 Å². The fraction of sp³-hybridized carbons (Fsp3) is 0.316. The average Bonchev–Trinajstić information content (AvgIpc) is 2.67. The molecule has 1 aliphatic rings. The third kappa shape index (κ3) is 5.57. The molecule has 3 rings (SSSR count). The highest BCUT2D eigenvalue weighted by molar-refractivity contribution is 7.88. The minimum absolute atomic E-state index is 0.194. The van der Waals surface area contributed by atoms with E-state index in [2.05, 4.69) is 5.32 Å². The Morgan fingerprint density at radius 1 is 1.00 bits per heavy atom. The molecule has 2 aromatic rings. The van der Waals surface area contributed by atoms with E-state index in [0.29, 0.717) is 44.2 Å². The predicted molar refractivity (Wildman–Crippen MR) is 118 cm³/mol. The molecule has 10 heteroatoms. The molecule has 0 unspecified atom stereocenters. The molecular formula is C19H18Cl4N2O3S. The highest BCUT2D eigenvalue weighted by atomic mass is 35.5. The van der Waals surface area contributed by atoms with Crippen LogP contribution in [0.5, 0.6) is 0 Å². The van der Waals surface area contributed by atoms with Gasteiger partial charge in [-0.1, -0.05) is 52.5 Å². The lowest BCUT2D eigenvalue weighted by molar-refractivity contribution is -0.120. The summed E-state index contributed by atoms with van der Waals surface area (Å²) in [6, 6.07) is 9.70. The summed E-state index contributed by atoms with van der Waals surface area (Å²) in [5.74, 6) is -0.777. The number of amides is 1. The Morgan fingerprint density at radius 3 is 2.21 bits per heavy atom. The molecule has 0 bridgehead atoms. The molecule has 1 saturated heterocycles. The summed E-state index contributed by atoms with van der Waals surface area (Å²) in [6.07, 6.45) is 0.819. The average molecular weight is 496 g/mol. The van der Waals surface area contributed by atoms with Gasteiger partial charge in [0.05, 0.1) is 16.5 Å². The van der Waals surface area contributed by atoms with Crippen molar-refractivity contribution < 1.29 is 13.2 Å². The lowest BCUT2D eigenvalue weighted by atomic mass is 9.97. The van der Waals surface area contributed by atoms with Crippen LogP contribution in [0.3, 0.4) is 0 Å². The Hall–Kier alpha value is -1.02. The monoisotopic (exact) mass is 494 g/mol. The number of rotatable bonds is 5. The number of nitrogens with one attached hydrogen (secondary N) is 1. The Balaban J connectivity index is 1.61. The molecule has 156 valence electrons. The summed E-state index contributed by atoms with van der Waals surface area (Å²) in [4.78, 5) is 12.5. The third-order valence-electron chi connectivity index (χ3n) is 4.80. The fourth-order valence-electron chi connectivity index (χ4n) is 3.17. The van der Waals surface area contributed by atoms with Gasteiger partial charge in [0.2, 0.25) is 15.9 Å². The van der Waals surface area contributed by atoms with Crippen LogP contribution >= 0.6 is 46.4 Å². The Kier molecular flexibility index (Phi) is 7.36. The van der Waals surface area contributed by atoms with Crippen molar-refractivity contribution >= 4 is 68.0 Å². The largest absolute Gasteiger partial charge is 0.325 e. The quantitative estimate of drug-likeness (QED) is 0.597. The number of sulfonamides is 1. The van der Waals surface area contributed by atoms with Gasteiger partial charge in [-0.2, -0.15) is 0 Å². The van der Waals surface area contributed by atoms with E-state index in [4.69, 9.17) is 46.4 Å². The summed E-state index contributed by atoms with van der Waals surface area (Å²) in [5, 5.41) is 4.24. The van der Waals surface area contributed by atoms with Gasteiger partial charge in [0.1, 0.15) is 0 Å². The van der Waals surface area contributed by atoms with Gasteiger partial charge >= 0.3 is 0 Å². The molecule has 5 nitrogen and oxygen atoms in total. The van der Waals surface area contributed by atoms with Crippen molar-refractivity contribution in [1.29, 1.82) is 0 Å². The summed E-state index contributed by atoms with van der Waals surface area (Å²) in [5.41, 5.74) is 0.859. The zero-order valence-electron chi connectivity index (χ0n) is 15.2. The number of carbonyl (C=O) groups excluding carboxylic acids is 1. The maximum absolute atomic E-state index is 12.8. The molecule has 1 heterocycles. The van der Waals surface area contributed by atoms with E-state index in [1.165, 1.54) is 4.31 Å². The van der Waals surface area contributed by atoms with E-state index in [1.54, 1.807) is 36.4 Å². The highest BCUT2D eigenvalue weighted by Gasteiger charge is 2.32. The van der Waals surface area contributed by atoms with Crippen molar-refractivity contribution in [3.05, 3.63) is 62.1 Å². The Bertz CT molecular complexity index is 1000. The van der Waals surface area contributed by atoms with Crippen LogP contribution < -0.4 is 5.32 Å². The van der Waals surface area contributed by atoms with E-state index in [0.717, 1.165) is 0 Å². The highest BCUT2D eigenvalue weighted by Crippen LogP contribution is 2.30. The second-order valence-corrected chi connectivity index (χ2v) is 10.4. The normalized spacial score (nSPS) is 16.0. The Morgan fingerprint density at radius 2 is 1.62 bits per heavy atom. The third-order valence-corrected chi connectivity index (χ3v) is 7.86. The number of hydrogen-bond acceptors (Lipinski definition) is 3. The van der Waals surface area contributed by atoms with Gasteiger partial charge in [-0.3, -0.25) is 4.79 Å². The first kappa shape index (κ1) is 22.7. The molecule has 1 amide bonds. The smallest absolute Gasteiger partial charge is 0.227 e. The van der Waals surface area contributed by atoms with E-state index in [1.807, 2.05) is 0 Å². The van der Waals surface area contributed by atoms with Gasteiger partial charge in [-0.25, -0.2) is 12.7 Å². The number of nitrogens with zero attached hydrogens (tertiary/aromatic N) is 1. The zero-order chi connectivity index (χ0) is 21.2. The number of halogens is 4. The van der Waals surface area contributed by atoms with Gasteiger partial charge in [0.15, 0.2) is 0 Å². The molecule has 0 radical (unpaired) electrons. The summed E-state index contributed by atoms with van der Waals surface area (Å²) >= 11 is 24.2. The molecule has 1 aliphatic heterocycles. The number of benzene rings is 2. The van der Waals surface area contributed by atoms with Crippen molar-refractivity contribution in [2.75, 3.05) is 18.4 Å². The maximum atomic E-state index is 12.8. The molecule has 0 spiro atoms. The molecular weight excluding hydrogens is 478 g/mol. The van der Waals surface area contributed by atoms with Crippen LogP contribution in [0.2, 0.25) is 20.1 Å². The second kappa shape index (κ2) is 9.41. The van der Waals surface area contributed by atoms with Crippen molar-refractivity contribution in [3.8, 4) is 0 Å². The fourth-order valence-corrected chi connectivity index (χ4v) is 5.94. The lowest BCUT2D eigenvalue weighted by Gasteiger charge is -2.30. The summed E-state index contributed by atoms with van der Waals surface area (Å²) in [7, 11) is -3.60. The molecule has 0 atom stereocenters. The molecule has 1 N–H and O–H groups in total. The topological polar surface area (TPSA) is 66.5 Å². The van der Waals surface area contributed by atoms with Crippen molar-refractivity contribution in [2.45, 2.75) is 18.6 Å². The molecule has 29 heavy (non-hydrogen) atoms. The molecule has 0 saturated carbocycles. The molecule has 0 aliphatic carbocycles. The summed E-state index contributed by atoms with van der Waals surface area (Å²) < 4.78 is 26.9. The van der Waals surface area contributed by atoms with Gasteiger partial charge in [0, 0.05) is 39.6 Å².